The van der Waals surface area contributed by atoms with Crippen molar-refractivity contribution in [2.24, 2.45) is 0 Å². The number of nitrogens with zero attached hydrogens (tertiary/aromatic N) is 4. The summed E-state index contributed by atoms with van der Waals surface area (Å²) in [6, 6.07) is 8.77. The summed E-state index contributed by atoms with van der Waals surface area (Å²) in [5.41, 5.74) is 0.791. The van der Waals surface area contributed by atoms with Crippen LogP contribution in [0.15, 0.2) is 48.1 Å². The normalized spacial score (nSPS) is 16.6. The molecule has 3 rings (SSSR count). The van der Waals surface area contributed by atoms with Crippen LogP contribution in [0.3, 0.4) is 0 Å². The van der Waals surface area contributed by atoms with Crippen molar-refractivity contribution in [1.82, 2.24) is 14.3 Å². The summed E-state index contributed by atoms with van der Waals surface area (Å²) in [6.07, 6.45) is 4.94. The van der Waals surface area contributed by atoms with Crippen LogP contribution < -0.4 is 4.90 Å². The van der Waals surface area contributed by atoms with Crippen molar-refractivity contribution >= 4 is 33.6 Å². The zero-order chi connectivity index (χ0) is 17.0. The lowest BCUT2D eigenvalue weighted by Crippen LogP contribution is -2.48. The molecule has 0 N–H and O–H groups in total. The number of hydrogen-bond donors (Lipinski definition) is 0. The molecule has 2 aromatic rings. The van der Waals surface area contributed by atoms with Crippen molar-refractivity contribution < 1.29 is 8.42 Å². The topological polar surface area (TPSA) is 66.4 Å². The van der Waals surface area contributed by atoms with E-state index in [1.807, 2.05) is 4.90 Å². The van der Waals surface area contributed by atoms with Gasteiger partial charge in [0.1, 0.15) is 0 Å². The van der Waals surface area contributed by atoms with Gasteiger partial charge in [-0.15, -0.1) is 0 Å². The molecule has 0 aliphatic carbocycles. The maximum atomic E-state index is 12.4. The number of benzene rings is 1. The lowest BCUT2D eigenvalue weighted by atomic mass is 10.2. The van der Waals surface area contributed by atoms with Crippen molar-refractivity contribution in [2.75, 3.05) is 31.1 Å². The first kappa shape index (κ1) is 16.9. The third-order valence-corrected chi connectivity index (χ3v) is 5.55. The van der Waals surface area contributed by atoms with Gasteiger partial charge in [0.05, 0.1) is 0 Å². The highest BCUT2D eigenvalue weighted by atomic mass is 35.5. The molecule has 1 fully saturated rings. The van der Waals surface area contributed by atoms with Crippen molar-refractivity contribution in [3.63, 3.8) is 0 Å². The summed E-state index contributed by atoms with van der Waals surface area (Å²) in [5, 5.41) is 1.86. The second-order valence-electron chi connectivity index (χ2n) is 5.33. The Bertz CT molecular complexity index is 802. The highest BCUT2D eigenvalue weighted by Gasteiger charge is 2.25. The summed E-state index contributed by atoms with van der Waals surface area (Å²) in [5.74, 6) is 0.631. The molecule has 8 heteroatoms. The summed E-state index contributed by atoms with van der Waals surface area (Å²) in [6.45, 7) is 1.95. The van der Waals surface area contributed by atoms with Crippen LogP contribution in [-0.4, -0.2) is 48.9 Å². The quantitative estimate of drug-likeness (QED) is 0.832. The standard InChI is InChI=1S/C16H17ClN4O2S/c17-15-4-2-14(3-5-15)6-13-24(22,23)21-11-9-20(10-12-21)16-18-7-1-8-19-16/h1-8,13H,9-12H2/b13-6+. The van der Waals surface area contributed by atoms with Gasteiger partial charge in [0, 0.05) is 49.0 Å². The van der Waals surface area contributed by atoms with E-state index in [1.165, 1.54) is 9.71 Å². The lowest BCUT2D eigenvalue weighted by Gasteiger charge is -2.33. The molecule has 1 saturated heterocycles. The zero-order valence-electron chi connectivity index (χ0n) is 12.9. The van der Waals surface area contributed by atoms with E-state index in [-0.39, 0.29) is 0 Å². The molecule has 1 aliphatic heterocycles. The highest BCUT2D eigenvalue weighted by Crippen LogP contribution is 2.15. The molecule has 0 radical (unpaired) electrons. The van der Waals surface area contributed by atoms with Gasteiger partial charge in [0.2, 0.25) is 16.0 Å². The molecule has 0 unspecified atom stereocenters. The maximum Gasteiger partial charge on any atom is 0.236 e. The number of aromatic nitrogens is 2. The predicted molar refractivity (Wildman–Crippen MR) is 95.2 cm³/mol. The van der Waals surface area contributed by atoms with Gasteiger partial charge in [-0.1, -0.05) is 23.7 Å². The molecular weight excluding hydrogens is 348 g/mol. The van der Waals surface area contributed by atoms with Gasteiger partial charge < -0.3 is 4.90 Å². The Morgan fingerprint density at radius 3 is 2.25 bits per heavy atom. The van der Waals surface area contributed by atoms with Crippen molar-refractivity contribution in [3.8, 4) is 0 Å². The Morgan fingerprint density at radius 2 is 1.62 bits per heavy atom. The average Bonchev–Trinajstić information content (AvgIpc) is 2.62. The molecule has 0 bridgehead atoms. The van der Waals surface area contributed by atoms with E-state index in [2.05, 4.69) is 9.97 Å². The molecule has 0 amide bonds. The monoisotopic (exact) mass is 364 g/mol. The van der Waals surface area contributed by atoms with Gasteiger partial charge in [-0.05, 0) is 29.8 Å². The maximum absolute atomic E-state index is 12.4. The van der Waals surface area contributed by atoms with E-state index >= 15 is 0 Å². The molecule has 0 atom stereocenters. The van der Waals surface area contributed by atoms with Gasteiger partial charge in [0.15, 0.2) is 0 Å². The van der Waals surface area contributed by atoms with E-state index in [9.17, 15) is 8.42 Å². The smallest absolute Gasteiger partial charge is 0.236 e. The van der Waals surface area contributed by atoms with Gasteiger partial charge in [0.25, 0.3) is 0 Å². The minimum Gasteiger partial charge on any atom is -0.338 e. The summed E-state index contributed by atoms with van der Waals surface area (Å²) in [4.78, 5) is 10.4. The molecule has 126 valence electrons. The van der Waals surface area contributed by atoms with Crippen LogP contribution in [0.5, 0.6) is 0 Å². The van der Waals surface area contributed by atoms with E-state index in [0.717, 1.165) is 5.56 Å². The molecule has 1 aromatic heterocycles. The molecule has 1 aliphatic rings. The highest BCUT2D eigenvalue weighted by molar-refractivity contribution is 7.92. The van der Waals surface area contributed by atoms with E-state index in [4.69, 9.17) is 11.6 Å². The van der Waals surface area contributed by atoms with Crippen molar-refractivity contribution in [1.29, 1.82) is 0 Å². The van der Waals surface area contributed by atoms with Crippen LogP contribution in [0.1, 0.15) is 5.56 Å². The van der Waals surface area contributed by atoms with Crippen LogP contribution in [0.4, 0.5) is 5.95 Å². The Hall–Kier alpha value is -1.96. The zero-order valence-corrected chi connectivity index (χ0v) is 14.5. The first-order chi connectivity index (χ1) is 11.5. The van der Waals surface area contributed by atoms with Gasteiger partial charge in [-0.25, -0.2) is 18.4 Å². The van der Waals surface area contributed by atoms with E-state index < -0.39 is 10.0 Å². The summed E-state index contributed by atoms with van der Waals surface area (Å²) >= 11 is 5.82. The first-order valence-corrected chi connectivity index (χ1v) is 9.38. The van der Waals surface area contributed by atoms with Crippen LogP contribution in [0.2, 0.25) is 5.02 Å². The summed E-state index contributed by atoms with van der Waals surface area (Å²) < 4.78 is 26.3. The second kappa shape index (κ2) is 7.29. The Balaban J connectivity index is 1.63. The Morgan fingerprint density at radius 1 is 1.00 bits per heavy atom. The van der Waals surface area contributed by atoms with Crippen LogP contribution in [0, 0.1) is 0 Å². The first-order valence-electron chi connectivity index (χ1n) is 7.50. The van der Waals surface area contributed by atoms with Crippen molar-refractivity contribution in [3.05, 3.63) is 58.7 Å². The second-order valence-corrected chi connectivity index (χ2v) is 7.59. The molecule has 0 saturated carbocycles. The van der Waals surface area contributed by atoms with Crippen LogP contribution >= 0.6 is 11.6 Å². The summed E-state index contributed by atoms with van der Waals surface area (Å²) in [7, 11) is -3.44. The number of sulfonamides is 1. The van der Waals surface area contributed by atoms with Gasteiger partial charge in [-0.3, -0.25) is 0 Å². The SMILES string of the molecule is O=S(=O)(/C=C/c1ccc(Cl)cc1)N1CCN(c2ncccn2)CC1. The van der Waals surface area contributed by atoms with Gasteiger partial charge >= 0.3 is 0 Å². The number of anilines is 1. The molecular formula is C16H17ClN4O2S. The largest absolute Gasteiger partial charge is 0.338 e. The fourth-order valence-electron chi connectivity index (χ4n) is 2.42. The van der Waals surface area contributed by atoms with Crippen LogP contribution in [-0.2, 0) is 10.0 Å². The Labute approximate surface area is 146 Å². The van der Waals surface area contributed by atoms with Crippen LogP contribution in [0.25, 0.3) is 6.08 Å². The average molecular weight is 365 g/mol. The fourth-order valence-corrected chi connectivity index (χ4v) is 3.72. The predicted octanol–water partition coefficient (Wildman–Crippen LogP) is 2.25. The lowest BCUT2D eigenvalue weighted by molar-refractivity contribution is 0.387. The number of hydrogen-bond acceptors (Lipinski definition) is 5. The number of piperazine rings is 1. The minimum atomic E-state index is -3.44. The number of rotatable bonds is 4. The minimum absolute atomic E-state index is 0.408. The molecule has 1 aromatic carbocycles. The van der Waals surface area contributed by atoms with Gasteiger partial charge in [-0.2, -0.15) is 4.31 Å². The Kier molecular flexibility index (Phi) is 5.13. The van der Waals surface area contributed by atoms with E-state index in [1.54, 1.807) is 48.8 Å². The third kappa shape index (κ3) is 4.11. The molecule has 2 heterocycles. The molecule has 0 spiro atoms. The molecule has 6 nitrogen and oxygen atoms in total. The third-order valence-electron chi connectivity index (χ3n) is 3.74. The fraction of sp³-hybridized carbons (Fsp3) is 0.250. The number of halogens is 1. The van der Waals surface area contributed by atoms with E-state index in [0.29, 0.717) is 37.1 Å². The molecule has 24 heavy (non-hydrogen) atoms. The van der Waals surface area contributed by atoms with Crippen molar-refractivity contribution in [2.45, 2.75) is 0 Å².